The van der Waals surface area contributed by atoms with Gasteiger partial charge in [0.2, 0.25) is 0 Å². The van der Waals surface area contributed by atoms with Gasteiger partial charge in [-0.3, -0.25) is 0 Å². The Morgan fingerprint density at radius 2 is 2.07 bits per heavy atom. The third-order valence-corrected chi connectivity index (χ3v) is 3.36. The highest BCUT2D eigenvalue weighted by atomic mass is 15.1. The molecule has 2 atom stereocenters. The maximum Gasteiger partial charge on any atom is 0.0635 e. The minimum Gasteiger partial charge on any atom is -0.302 e. The van der Waals surface area contributed by atoms with Crippen molar-refractivity contribution < 1.29 is 0 Å². The van der Waals surface area contributed by atoms with Gasteiger partial charge in [0.05, 0.1) is 6.07 Å². The van der Waals surface area contributed by atoms with E-state index in [4.69, 9.17) is 5.26 Å². The molecule has 1 saturated carbocycles. The van der Waals surface area contributed by atoms with E-state index >= 15 is 0 Å². The van der Waals surface area contributed by atoms with Gasteiger partial charge >= 0.3 is 0 Å². The number of hydrogen-bond acceptors (Lipinski definition) is 2. The molecule has 1 aliphatic carbocycles. The van der Waals surface area contributed by atoms with E-state index in [-0.39, 0.29) is 0 Å². The zero-order chi connectivity index (χ0) is 10.4. The summed E-state index contributed by atoms with van der Waals surface area (Å²) in [6, 6.07) is 2.95. The van der Waals surface area contributed by atoms with Crippen molar-refractivity contribution in [3.63, 3.8) is 0 Å². The van der Waals surface area contributed by atoms with E-state index in [1.807, 2.05) is 0 Å². The fourth-order valence-corrected chi connectivity index (χ4v) is 2.38. The molecule has 0 aromatic heterocycles. The largest absolute Gasteiger partial charge is 0.302 e. The van der Waals surface area contributed by atoms with E-state index in [1.165, 1.54) is 32.1 Å². The minimum atomic E-state index is 0.668. The Morgan fingerprint density at radius 3 is 2.79 bits per heavy atom. The molecule has 0 spiro atoms. The first kappa shape index (κ1) is 11.5. The Bertz CT molecular complexity index is 195. The highest BCUT2D eigenvalue weighted by Crippen LogP contribution is 2.25. The maximum absolute atomic E-state index is 8.54. The lowest BCUT2D eigenvalue weighted by atomic mass is 9.99. The molecule has 2 nitrogen and oxygen atoms in total. The van der Waals surface area contributed by atoms with Crippen LogP contribution < -0.4 is 0 Å². The van der Waals surface area contributed by atoms with Crippen molar-refractivity contribution in [2.45, 2.75) is 51.5 Å². The Labute approximate surface area is 87.9 Å². The summed E-state index contributed by atoms with van der Waals surface area (Å²) in [6.45, 7) is 3.30. The van der Waals surface area contributed by atoms with Crippen LogP contribution in [0.1, 0.15) is 45.4 Å². The third-order valence-electron chi connectivity index (χ3n) is 3.36. The zero-order valence-corrected chi connectivity index (χ0v) is 9.50. The van der Waals surface area contributed by atoms with Gasteiger partial charge in [0, 0.05) is 19.0 Å². The van der Waals surface area contributed by atoms with Crippen LogP contribution in [-0.2, 0) is 0 Å². The van der Waals surface area contributed by atoms with Crippen LogP contribution in [0.15, 0.2) is 0 Å². The Balaban J connectivity index is 2.36. The lowest BCUT2D eigenvalue weighted by Crippen LogP contribution is -2.33. The lowest BCUT2D eigenvalue weighted by Gasteiger charge is -2.27. The predicted octanol–water partition coefficient (Wildman–Crippen LogP) is 2.80. The number of rotatable bonds is 3. The first-order chi connectivity index (χ1) is 6.74. The van der Waals surface area contributed by atoms with E-state index in [2.05, 4.69) is 24.9 Å². The van der Waals surface area contributed by atoms with E-state index in [0.29, 0.717) is 6.42 Å². The molecule has 0 amide bonds. The first-order valence-electron chi connectivity index (χ1n) is 5.81. The molecule has 1 rings (SSSR count). The maximum atomic E-state index is 8.54. The average molecular weight is 194 g/mol. The summed E-state index contributed by atoms with van der Waals surface area (Å²) in [7, 11) is 2.17. The summed E-state index contributed by atoms with van der Waals surface area (Å²) in [5.41, 5.74) is 0. The summed E-state index contributed by atoms with van der Waals surface area (Å²) >= 11 is 0. The molecule has 1 fully saturated rings. The van der Waals surface area contributed by atoms with Gasteiger partial charge in [-0.1, -0.05) is 26.2 Å². The van der Waals surface area contributed by atoms with E-state index in [1.54, 1.807) is 0 Å². The topological polar surface area (TPSA) is 27.0 Å². The monoisotopic (exact) mass is 194 g/mol. The van der Waals surface area contributed by atoms with Crippen LogP contribution in [0.4, 0.5) is 0 Å². The van der Waals surface area contributed by atoms with Crippen LogP contribution >= 0.6 is 0 Å². The minimum absolute atomic E-state index is 0.668. The van der Waals surface area contributed by atoms with Crippen LogP contribution in [0.5, 0.6) is 0 Å². The summed E-state index contributed by atoms with van der Waals surface area (Å²) in [6.07, 6.45) is 7.47. The van der Waals surface area contributed by atoms with Gasteiger partial charge in [-0.05, 0) is 25.8 Å². The van der Waals surface area contributed by atoms with Crippen molar-refractivity contribution in [1.29, 1.82) is 5.26 Å². The van der Waals surface area contributed by atoms with Crippen molar-refractivity contribution in [2.75, 3.05) is 13.6 Å². The Morgan fingerprint density at radius 1 is 1.36 bits per heavy atom. The van der Waals surface area contributed by atoms with Crippen molar-refractivity contribution >= 4 is 0 Å². The second-order valence-corrected chi connectivity index (χ2v) is 4.67. The van der Waals surface area contributed by atoms with Crippen molar-refractivity contribution in [2.24, 2.45) is 5.92 Å². The summed E-state index contributed by atoms with van der Waals surface area (Å²) in [5, 5.41) is 8.54. The Hall–Kier alpha value is -0.550. The van der Waals surface area contributed by atoms with Crippen LogP contribution in [-0.4, -0.2) is 24.5 Å². The van der Waals surface area contributed by atoms with Crippen molar-refractivity contribution in [3.05, 3.63) is 0 Å². The van der Waals surface area contributed by atoms with E-state index in [0.717, 1.165) is 18.5 Å². The number of nitrogens with zero attached hydrogens (tertiary/aromatic N) is 2. The molecular formula is C12H22N2. The lowest BCUT2D eigenvalue weighted by molar-refractivity contribution is 0.211. The molecule has 0 unspecified atom stereocenters. The highest BCUT2D eigenvalue weighted by Gasteiger charge is 2.20. The molecule has 0 bridgehead atoms. The molecule has 14 heavy (non-hydrogen) atoms. The SMILES string of the molecule is C[C@H]1CCCC[C@@H](N(C)CCC#N)C1. The first-order valence-corrected chi connectivity index (χ1v) is 5.81. The van der Waals surface area contributed by atoms with Gasteiger partial charge < -0.3 is 4.90 Å². The summed E-state index contributed by atoms with van der Waals surface area (Å²) in [5.74, 6) is 0.868. The standard InChI is InChI=1S/C12H22N2/c1-11-6-3-4-7-12(10-11)14(2)9-5-8-13/h11-12H,3-7,9-10H2,1-2H3/t11-,12+/m0/s1. The van der Waals surface area contributed by atoms with Crippen LogP contribution in [0.25, 0.3) is 0 Å². The smallest absolute Gasteiger partial charge is 0.0635 e. The van der Waals surface area contributed by atoms with Crippen molar-refractivity contribution in [3.8, 4) is 6.07 Å². The molecule has 0 aromatic rings. The number of hydrogen-bond donors (Lipinski definition) is 0. The Kier molecular flexibility index (Phi) is 4.97. The highest BCUT2D eigenvalue weighted by molar-refractivity contribution is 4.78. The van der Waals surface area contributed by atoms with Gasteiger partial charge in [0.1, 0.15) is 0 Å². The van der Waals surface area contributed by atoms with Gasteiger partial charge in [-0.2, -0.15) is 5.26 Å². The third kappa shape index (κ3) is 3.67. The van der Waals surface area contributed by atoms with E-state index < -0.39 is 0 Å². The predicted molar refractivity (Wildman–Crippen MR) is 58.9 cm³/mol. The molecule has 0 heterocycles. The van der Waals surface area contributed by atoms with Gasteiger partial charge in [-0.25, -0.2) is 0 Å². The quantitative estimate of drug-likeness (QED) is 0.646. The molecule has 0 radical (unpaired) electrons. The molecule has 0 saturated heterocycles. The molecular weight excluding hydrogens is 172 g/mol. The van der Waals surface area contributed by atoms with Gasteiger partial charge in [0.15, 0.2) is 0 Å². The fraction of sp³-hybridized carbons (Fsp3) is 0.917. The van der Waals surface area contributed by atoms with Crippen LogP contribution in [0, 0.1) is 17.2 Å². The summed E-state index contributed by atoms with van der Waals surface area (Å²) < 4.78 is 0. The molecule has 0 aliphatic heterocycles. The number of nitriles is 1. The van der Waals surface area contributed by atoms with Gasteiger partial charge in [0.25, 0.3) is 0 Å². The zero-order valence-electron chi connectivity index (χ0n) is 9.50. The fourth-order valence-electron chi connectivity index (χ4n) is 2.38. The molecule has 2 heteroatoms. The second-order valence-electron chi connectivity index (χ2n) is 4.67. The van der Waals surface area contributed by atoms with E-state index in [9.17, 15) is 0 Å². The van der Waals surface area contributed by atoms with Crippen molar-refractivity contribution in [1.82, 2.24) is 4.90 Å². The molecule has 0 aromatic carbocycles. The molecule has 1 aliphatic rings. The normalized spacial score (nSPS) is 28.4. The molecule has 80 valence electrons. The van der Waals surface area contributed by atoms with Crippen LogP contribution in [0.2, 0.25) is 0 Å². The average Bonchev–Trinajstić information content (AvgIpc) is 2.39. The summed E-state index contributed by atoms with van der Waals surface area (Å²) in [4.78, 5) is 2.38. The second kappa shape index (κ2) is 6.03. The van der Waals surface area contributed by atoms with Gasteiger partial charge in [-0.15, -0.1) is 0 Å². The van der Waals surface area contributed by atoms with Crippen LogP contribution in [0.3, 0.4) is 0 Å². The molecule has 0 N–H and O–H groups in total.